The molecule has 5 rings (SSSR count). The summed E-state index contributed by atoms with van der Waals surface area (Å²) in [5, 5.41) is 7.12. The van der Waals surface area contributed by atoms with Crippen LogP contribution < -0.4 is 15.5 Å². The third-order valence-electron chi connectivity index (χ3n) is 6.25. The molecule has 28 heavy (non-hydrogen) atoms. The van der Waals surface area contributed by atoms with E-state index in [4.69, 9.17) is 4.99 Å². The highest BCUT2D eigenvalue weighted by Crippen LogP contribution is 2.18. The second-order valence-electron chi connectivity index (χ2n) is 8.31. The van der Waals surface area contributed by atoms with Crippen LogP contribution >= 0.6 is 0 Å². The fraction of sp³-hybridized carbons (Fsp3) is 0.714. The third-order valence-corrected chi connectivity index (χ3v) is 6.25. The van der Waals surface area contributed by atoms with Crippen molar-refractivity contribution >= 4 is 11.8 Å². The van der Waals surface area contributed by atoms with Crippen molar-refractivity contribution in [1.29, 1.82) is 0 Å². The quantitative estimate of drug-likeness (QED) is 0.581. The monoisotopic (exact) mass is 385 g/mol. The zero-order valence-corrected chi connectivity index (χ0v) is 17.4. The molecule has 2 N–H and O–H groups in total. The summed E-state index contributed by atoms with van der Waals surface area (Å²) < 4.78 is 0. The van der Waals surface area contributed by atoms with E-state index in [0.29, 0.717) is 12.1 Å². The average molecular weight is 386 g/mol. The minimum absolute atomic E-state index is 0.478. The molecule has 2 bridgehead atoms. The van der Waals surface area contributed by atoms with Gasteiger partial charge in [-0.2, -0.15) is 0 Å². The van der Waals surface area contributed by atoms with Gasteiger partial charge in [0, 0.05) is 70.6 Å². The Morgan fingerprint density at radius 1 is 1.14 bits per heavy atom. The molecule has 4 saturated heterocycles. The number of rotatable bonds is 5. The predicted octanol–water partition coefficient (Wildman–Crippen LogP) is 0.914. The molecule has 0 spiro atoms. The summed E-state index contributed by atoms with van der Waals surface area (Å²) in [6.07, 6.45) is 4.19. The Labute approximate surface area is 169 Å². The minimum atomic E-state index is 0.478. The lowest BCUT2D eigenvalue weighted by Gasteiger charge is -2.47. The zero-order chi connectivity index (χ0) is 19.3. The van der Waals surface area contributed by atoms with Crippen molar-refractivity contribution < 1.29 is 0 Å². The average Bonchev–Trinajstić information content (AvgIpc) is 2.74. The molecule has 1 unspecified atom stereocenters. The summed E-state index contributed by atoms with van der Waals surface area (Å²) in [4.78, 5) is 17.1. The van der Waals surface area contributed by atoms with Gasteiger partial charge in [-0.3, -0.25) is 14.8 Å². The lowest BCUT2D eigenvalue weighted by Crippen LogP contribution is -2.62. The molecule has 154 valence electrons. The summed E-state index contributed by atoms with van der Waals surface area (Å²) in [5.74, 6) is 2.08. The number of nitrogens with one attached hydrogen (secondary N) is 2. The SMILES string of the molecule is CCNC(=NCC1CN2CCN1CC2)NC1CCN(c2ccc(C)cn2)CC1. The lowest BCUT2D eigenvalue weighted by atomic mass is 10.1. The van der Waals surface area contributed by atoms with Crippen LogP contribution in [0.15, 0.2) is 23.3 Å². The lowest BCUT2D eigenvalue weighted by molar-refractivity contribution is 0.0174. The number of aryl methyl sites for hydroxylation is 1. The zero-order valence-electron chi connectivity index (χ0n) is 17.4. The predicted molar refractivity (Wildman–Crippen MR) is 115 cm³/mol. The van der Waals surface area contributed by atoms with Crippen molar-refractivity contribution in [2.45, 2.75) is 38.8 Å². The molecule has 4 fully saturated rings. The molecule has 7 nitrogen and oxygen atoms in total. The number of fused-ring (bicyclic) bond motifs is 3. The number of hydrogen-bond donors (Lipinski definition) is 2. The molecule has 4 aliphatic heterocycles. The van der Waals surface area contributed by atoms with Crippen molar-refractivity contribution in [2.24, 2.45) is 4.99 Å². The van der Waals surface area contributed by atoms with E-state index in [9.17, 15) is 0 Å². The molecule has 0 saturated carbocycles. The van der Waals surface area contributed by atoms with E-state index < -0.39 is 0 Å². The van der Waals surface area contributed by atoms with Crippen molar-refractivity contribution in [2.75, 3.05) is 63.8 Å². The number of guanidine groups is 1. The fourth-order valence-corrected chi connectivity index (χ4v) is 4.51. The maximum Gasteiger partial charge on any atom is 0.191 e. The van der Waals surface area contributed by atoms with Gasteiger partial charge in [-0.25, -0.2) is 4.98 Å². The van der Waals surface area contributed by atoms with Crippen molar-refractivity contribution in [3.05, 3.63) is 23.9 Å². The molecular formula is C21H35N7. The number of piperidine rings is 1. The molecule has 0 amide bonds. The van der Waals surface area contributed by atoms with Gasteiger partial charge in [0.15, 0.2) is 5.96 Å². The van der Waals surface area contributed by atoms with Crippen LogP contribution in [0, 0.1) is 6.92 Å². The van der Waals surface area contributed by atoms with Gasteiger partial charge >= 0.3 is 0 Å². The van der Waals surface area contributed by atoms with Gasteiger partial charge in [0.2, 0.25) is 0 Å². The molecule has 1 aromatic rings. The summed E-state index contributed by atoms with van der Waals surface area (Å²) >= 11 is 0. The van der Waals surface area contributed by atoms with E-state index in [2.05, 4.69) is 56.3 Å². The Kier molecular flexibility index (Phi) is 6.32. The van der Waals surface area contributed by atoms with Crippen molar-refractivity contribution in [1.82, 2.24) is 25.4 Å². The number of aromatic nitrogens is 1. The number of pyridine rings is 1. The number of piperazine rings is 3. The van der Waals surface area contributed by atoms with Crippen LogP contribution in [-0.2, 0) is 0 Å². The highest BCUT2D eigenvalue weighted by Gasteiger charge is 2.31. The first-order valence-electron chi connectivity index (χ1n) is 10.9. The van der Waals surface area contributed by atoms with Crippen LogP contribution in [0.4, 0.5) is 5.82 Å². The highest BCUT2D eigenvalue weighted by molar-refractivity contribution is 5.80. The smallest absolute Gasteiger partial charge is 0.191 e. The Morgan fingerprint density at radius 2 is 1.93 bits per heavy atom. The van der Waals surface area contributed by atoms with E-state index in [0.717, 1.165) is 50.8 Å². The third kappa shape index (κ3) is 4.75. The van der Waals surface area contributed by atoms with Gasteiger partial charge in [-0.1, -0.05) is 6.07 Å². The van der Waals surface area contributed by atoms with E-state index in [-0.39, 0.29) is 0 Å². The molecule has 0 aromatic carbocycles. The van der Waals surface area contributed by atoms with Crippen LogP contribution in [-0.4, -0.2) is 91.7 Å². The van der Waals surface area contributed by atoms with Crippen molar-refractivity contribution in [3.63, 3.8) is 0 Å². The highest BCUT2D eigenvalue weighted by atomic mass is 15.4. The van der Waals surface area contributed by atoms with Gasteiger partial charge in [-0.05, 0) is 38.3 Å². The van der Waals surface area contributed by atoms with Gasteiger partial charge in [0.1, 0.15) is 5.82 Å². The first-order chi connectivity index (χ1) is 13.7. The standard InChI is InChI=1S/C21H35N7/c1-3-22-21(24-15-19-16-26-10-12-27(19)13-11-26)25-18-6-8-28(9-7-18)20-5-4-17(2)14-23-20/h4-5,14,18-19H,3,6-13,15-16H2,1-2H3,(H2,22,24,25). The molecule has 5 heterocycles. The summed E-state index contributed by atoms with van der Waals surface area (Å²) in [5.41, 5.74) is 1.21. The maximum absolute atomic E-state index is 4.94. The summed E-state index contributed by atoms with van der Waals surface area (Å²) in [6.45, 7) is 14.1. The first-order valence-corrected chi connectivity index (χ1v) is 10.9. The van der Waals surface area contributed by atoms with Gasteiger partial charge in [0.25, 0.3) is 0 Å². The Bertz CT molecular complexity index is 643. The van der Waals surface area contributed by atoms with Gasteiger partial charge in [0.05, 0.1) is 6.54 Å². The fourth-order valence-electron chi connectivity index (χ4n) is 4.51. The summed E-state index contributed by atoms with van der Waals surface area (Å²) in [6, 6.07) is 5.34. The van der Waals surface area contributed by atoms with Crippen LogP contribution in [0.25, 0.3) is 0 Å². The van der Waals surface area contributed by atoms with E-state index in [1.165, 1.54) is 38.3 Å². The van der Waals surface area contributed by atoms with Gasteiger partial charge in [-0.15, -0.1) is 0 Å². The second-order valence-corrected chi connectivity index (χ2v) is 8.31. The molecule has 7 heteroatoms. The van der Waals surface area contributed by atoms with Crippen LogP contribution in [0.1, 0.15) is 25.3 Å². The first kappa shape index (κ1) is 19.5. The normalized spacial score (nSPS) is 28.4. The molecule has 0 radical (unpaired) electrons. The largest absolute Gasteiger partial charge is 0.357 e. The summed E-state index contributed by atoms with van der Waals surface area (Å²) in [7, 11) is 0. The minimum Gasteiger partial charge on any atom is -0.357 e. The Balaban J connectivity index is 1.28. The molecule has 0 aliphatic carbocycles. The molecule has 4 aliphatic rings. The number of aliphatic imine (C=N–C) groups is 1. The van der Waals surface area contributed by atoms with Gasteiger partial charge < -0.3 is 15.5 Å². The number of hydrogen-bond acceptors (Lipinski definition) is 5. The van der Waals surface area contributed by atoms with Crippen LogP contribution in [0.2, 0.25) is 0 Å². The topological polar surface area (TPSA) is 59.0 Å². The maximum atomic E-state index is 4.94. The molecular weight excluding hydrogens is 350 g/mol. The number of anilines is 1. The second kappa shape index (κ2) is 9.09. The van der Waals surface area contributed by atoms with E-state index in [1.54, 1.807) is 0 Å². The van der Waals surface area contributed by atoms with Crippen molar-refractivity contribution in [3.8, 4) is 0 Å². The van der Waals surface area contributed by atoms with Crippen LogP contribution in [0.3, 0.4) is 0 Å². The van der Waals surface area contributed by atoms with E-state index >= 15 is 0 Å². The van der Waals surface area contributed by atoms with Crippen LogP contribution in [0.5, 0.6) is 0 Å². The Hall–Kier alpha value is -1.86. The van der Waals surface area contributed by atoms with E-state index in [1.807, 2.05) is 6.20 Å². The number of nitrogens with zero attached hydrogens (tertiary/aromatic N) is 5. The Morgan fingerprint density at radius 3 is 2.54 bits per heavy atom. The molecule has 1 aromatic heterocycles. The molecule has 1 atom stereocenters.